The molecular formula is C56H95N5O14. The molecule has 1 fully saturated rings. The quantitative estimate of drug-likeness (QED) is 0.0395. The minimum absolute atomic E-state index is 0.00703. The Morgan fingerprint density at radius 2 is 1.47 bits per heavy atom. The van der Waals surface area contributed by atoms with Gasteiger partial charge in [0, 0.05) is 66.5 Å². The Bertz CT molecular complexity index is 1870. The number of Topliss-reactive ketones (excluding diaryl/α,β-unsaturated/α-hetero) is 1. The van der Waals surface area contributed by atoms with E-state index in [1.165, 1.54) is 14.2 Å². The van der Waals surface area contributed by atoms with E-state index in [4.69, 9.17) is 28.4 Å². The number of nitrogens with zero attached hydrogens (tertiary/aromatic N) is 2. The number of hydrogen-bond acceptors (Lipinski definition) is 15. The highest BCUT2D eigenvalue weighted by atomic mass is 16.7. The largest absolute Gasteiger partial charge is 0.464 e. The first-order valence-electron chi connectivity index (χ1n) is 27.1. The summed E-state index contributed by atoms with van der Waals surface area (Å²) in [5.41, 5.74) is 0.802. The third kappa shape index (κ3) is 21.8. The fourth-order valence-electron chi connectivity index (χ4n) is 10.1. The van der Waals surface area contributed by atoms with Crippen molar-refractivity contribution in [3.8, 4) is 0 Å². The van der Waals surface area contributed by atoms with Crippen molar-refractivity contribution in [2.24, 2.45) is 35.5 Å². The SMILES string of the molecule is CCC(CO)OC(COC(=O)CCCC(=O)NCCCOC(=O)[C@H](Cc1ccccc1)NC(=O)[C@H](C)[C@@H](OC)[C@@H]1CCCC1C(=O)C[C@@H](OC)[C@H]([C@@H](C)CC)N(C)C(=O)[C@@H](NC(=O)[C@H](C(C)C)N(C)C)C(C)C)OC. The van der Waals surface area contributed by atoms with Crippen molar-refractivity contribution >= 4 is 41.4 Å². The number of ketones is 1. The summed E-state index contributed by atoms with van der Waals surface area (Å²) in [7, 11) is 9.90. The number of esters is 2. The highest BCUT2D eigenvalue weighted by Crippen LogP contribution is 2.40. The standard InChI is InChI=1S/C56H95N5O14/c1-15-37(7)51(61(11)55(68)49(35(3)4)59-54(67)50(36(5)6)60(9)10)45(70-12)32-44(63)41-25-20-26-42(41)52(72-14)38(8)53(66)58-43(31-39-23-18-17-19-24-39)56(69)73-30-22-29-57-46(64)27-21-28-47(65)74-34-48(71-13)75-40(16-2)33-62/h17-19,23-24,35-38,40-43,45,48-52,62H,15-16,20-22,25-34H2,1-14H3,(H,57,64)(H,58,66)(H,59,67)/t37-,38+,40?,41?,42+,43-,45+,48?,49-,50-,51-,52+/m0/s1. The highest BCUT2D eigenvalue weighted by Gasteiger charge is 2.45. The van der Waals surface area contributed by atoms with Crippen LogP contribution in [-0.4, -0.2) is 174 Å². The maximum Gasteiger partial charge on any atom is 0.328 e. The first-order chi connectivity index (χ1) is 35.6. The Balaban J connectivity index is 2.10. The molecule has 0 saturated heterocycles. The van der Waals surface area contributed by atoms with Crippen molar-refractivity contribution in [3.05, 3.63) is 35.9 Å². The zero-order chi connectivity index (χ0) is 56.4. The van der Waals surface area contributed by atoms with Crippen LogP contribution in [0, 0.1) is 35.5 Å². The molecule has 4 amide bonds. The average molecular weight is 1060 g/mol. The van der Waals surface area contributed by atoms with Crippen molar-refractivity contribution < 1.29 is 67.1 Å². The van der Waals surface area contributed by atoms with Gasteiger partial charge in [0.1, 0.15) is 24.5 Å². The normalized spacial score (nSPS) is 18.7. The van der Waals surface area contributed by atoms with Crippen LogP contribution in [0.4, 0.5) is 0 Å². The molecule has 2 rings (SSSR count). The molecule has 0 heterocycles. The van der Waals surface area contributed by atoms with Crippen LogP contribution in [0.1, 0.15) is 125 Å². The summed E-state index contributed by atoms with van der Waals surface area (Å²) in [5, 5.41) is 18.1. The van der Waals surface area contributed by atoms with Crippen LogP contribution in [0.3, 0.4) is 0 Å². The number of benzene rings is 1. The van der Waals surface area contributed by atoms with Gasteiger partial charge in [-0.2, -0.15) is 0 Å². The lowest BCUT2D eigenvalue weighted by Crippen LogP contribution is -2.59. The zero-order valence-corrected chi connectivity index (χ0v) is 47.7. The molecule has 428 valence electrons. The van der Waals surface area contributed by atoms with E-state index in [1.54, 1.807) is 26.0 Å². The summed E-state index contributed by atoms with van der Waals surface area (Å²) >= 11 is 0. The maximum atomic E-state index is 14.5. The molecule has 12 atom stereocenters. The van der Waals surface area contributed by atoms with Gasteiger partial charge in [0.25, 0.3) is 0 Å². The Kier molecular flexibility index (Phi) is 31.1. The fourth-order valence-corrected chi connectivity index (χ4v) is 10.1. The summed E-state index contributed by atoms with van der Waals surface area (Å²) in [6.45, 7) is 15.2. The van der Waals surface area contributed by atoms with Gasteiger partial charge in [0.05, 0.1) is 49.5 Å². The maximum absolute atomic E-state index is 14.5. The van der Waals surface area contributed by atoms with Crippen LogP contribution in [0.5, 0.6) is 0 Å². The lowest BCUT2D eigenvalue weighted by atomic mass is 9.79. The van der Waals surface area contributed by atoms with Crippen LogP contribution >= 0.6 is 0 Å². The third-order valence-electron chi connectivity index (χ3n) is 14.6. The minimum Gasteiger partial charge on any atom is -0.464 e. The zero-order valence-electron chi connectivity index (χ0n) is 47.7. The molecule has 4 N–H and O–H groups in total. The number of carbonyl (C=O) groups excluding carboxylic acids is 7. The number of rotatable bonds is 37. The Hall–Kier alpha value is -4.53. The molecule has 1 aliphatic carbocycles. The summed E-state index contributed by atoms with van der Waals surface area (Å²) in [6.07, 6.45) is 1.50. The second-order valence-electron chi connectivity index (χ2n) is 21.0. The monoisotopic (exact) mass is 1060 g/mol. The summed E-state index contributed by atoms with van der Waals surface area (Å²) in [6, 6.07) is 6.48. The lowest BCUT2D eigenvalue weighted by molar-refractivity contribution is -0.194. The number of aliphatic hydroxyl groups excluding tert-OH is 1. The molecule has 0 aromatic heterocycles. The molecule has 1 aromatic carbocycles. The average Bonchev–Trinajstić information content (AvgIpc) is 3.87. The van der Waals surface area contributed by atoms with E-state index in [-0.39, 0.29) is 106 Å². The molecule has 0 aliphatic heterocycles. The molecule has 75 heavy (non-hydrogen) atoms. The van der Waals surface area contributed by atoms with Gasteiger partial charge in [-0.25, -0.2) is 4.79 Å². The summed E-state index contributed by atoms with van der Waals surface area (Å²) in [4.78, 5) is 98.5. The number of hydrogen-bond donors (Lipinski definition) is 4. The highest BCUT2D eigenvalue weighted by molar-refractivity contribution is 5.90. The van der Waals surface area contributed by atoms with Gasteiger partial charge in [0.2, 0.25) is 23.6 Å². The Labute approximate surface area is 447 Å². The van der Waals surface area contributed by atoms with E-state index < -0.39 is 78.5 Å². The van der Waals surface area contributed by atoms with Crippen LogP contribution in [0.15, 0.2) is 30.3 Å². The molecule has 1 saturated carbocycles. The van der Waals surface area contributed by atoms with Crippen molar-refractivity contribution in [1.82, 2.24) is 25.8 Å². The topological polar surface area (TPSA) is 238 Å². The first-order valence-corrected chi connectivity index (χ1v) is 27.1. The van der Waals surface area contributed by atoms with Gasteiger partial charge in [-0.15, -0.1) is 0 Å². The number of nitrogens with one attached hydrogen (secondary N) is 3. The number of methoxy groups -OCH3 is 3. The van der Waals surface area contributed by atoms with E-state index in [2.05, 4.69) is 16.0 Å². The van der Waals surface area contributed by atoms with Crippen LogP contribution < -0.4 is 16.0 Å². The van der Waals surface area contributed by atoms with E-state index >= 15 is 0 Å². The van der Waals surface area contributed by atoms with Gasteiger partial charge < -0.3 is 54.4 Å². The summed E-state index contributed by atoms with van der Waals surface area (Å²) in [5.74, 6) is -4.18. The van der Waals surface area contributed by atoms with Crippen LogP contribution in [0.2, 0.25) is 0 Å². The summed E-state index contributed by atoms with van der Waals surface area (Å²) < 4.78 is 33.7. The van der Waals surface area contributed by atoms with Crippen molar-refractivity contribution in [2.75, 3.05) is 68.8 Å². The fraction of sp³-hybridized carbons (Fsp3) is 0.768. The molecule has 0 spiro atoms. The number of amides is 4. The second kappa shape index (κ2) is 35.0. The van der Waals surface area contributed by atoms with Crippen LogP contribution in [-0.2, 0) is 68.4 Å². The Morgan fingerprint density at radius 3 is 2.03 bits per heavy atom. The molecule has 19 nitrogen and oxygen atoms in total. The second-order valence-corrected chi connectivity index (χ2v) is 21.0. The molecule has 0 radical (unpaired) electrons. The third-order valence-corrected chi connectivity index (χ3v) is 14.6. The minimum atomic E-state index is -1.04. The number of carbonyl (C=O) groups is 7. The van der Waals surface area contributed by atoms with Gasteiger partial charge in [-0.3, -0.25) is 33.7 Å². The van der Waals surface area contributed by atoms with E-state index in [0.717, 1.165) is 12.0 Å². The molecule has 1 aliphatic rings. The van der Waals surface area contributed by atoms with Crippen molar-refractivity contribution in [1.29, 1.82) is 0 Å². The molecule has 0 bridgehead atoms. The molecular weight excluding hydrogens is 967 g/mol. The predicted molar refractivity (Wildman–Crippen MR) is 285 cm³/mol. The van der Waals surface area contributed by atoms with Crippen molar-refractivity contribution in [2.45, 2.75) is 175 Å². The first kappa shape index (κ1) is 66.6. The Morgan fingerprint density at radius 1 is 0.787 bits per heavy atom. The van der Waals surface area contributed by atoms with E-state index in [1.807, 2.05) is 97.8 Å². The van der Waals surface area contributed by atoms with Gasteiger partial charge in [0.15, 0.2) is 6.29 Å². The smallest absolute Gasteiger partial charge is 0.328 e. The van der Waals surface area contributed by atoms with Gasteiger partial charge in [-0.05, 0) is 75.4 Å². The van der Waals surface area contributed by atoms with Crippen LogP contribution in [0.25, 0.3) is 0 Å². The van der Waals surface area contributed by atoms with Gasteiger partial charge >= 0.3 is 11.9 Å². The number of aliphatic hydroxyl groups is 1. The number of ether oxygens (including phenoxy) is 6. The molecule has 1 aromatic rings. The predicted octanol–water partition coefficient (Wildman–Crippen LogP) is 4.88. The lowest BCUT2D eigenvalue weighted by Gasteiger charge is -2.40. The van der Waals surface area contributed by atoms with Gasteiger partial charge in [-0.1, -0.05) is 98.6 Å². The van der Waals surface area contributed by atoms with E-state index in [9.17, 15) is 38.7 Å². The van der Waals surface area contributed by atoms with E-state index in [0.29, 0.717) is 32.1 Å². The molecule has 19 heteroatoms. The van der Waals surface area contributed by atoms with Crippen molar-refractivity contribution in [3.63, 3.8) is 0 Å². The number of likely N-dealkylation sites (N-methyl/N-ethyl adjacent to an activating group) is 2. The molecule has 3 unspecified atom stereocenters.